The SMILES string of the molecule is CCNC(=O)C[C@H](CC(=O)CCCNC(=O)c1ccc(NCc2cnc3nc(N)[nH]c(=O)c3n2)cc1)C(=O)N[C@@H](CSSCCOC(=O)NNC(=O)[C@H](CCCNC(=O)CC[C@H]1c2nc(cc3[nH]c(cc4nc(cc5[nH]c6c(c5C)C(=O)C(C(=O)OC)c26)[C@@H](CC)[C@@H]4C)c(C(C)=O)c3C)[C@@H]1C)[N+](C)(C)C)OC=O. The van der Waals surface area contributed by atoms with Crippen molar-refractivity contribution in [2.24, 2.45) is 5.92 Å². The van der Waals surface area contributed by atoms with Crippen molar-refractivity contribution in [3.8, 4) is 0 Å². The number of ether oxygens (including phenoxy) is 3. The van der Waals surface area contributed by atoms with Gasteiger partial charge in [0.25, 0.3) is 23.8 Å². The molecule has 0 radical (unpaired) electrons. The van der Waals surface area contributed by atoms with Crippen LogP contribution in [0.3, 0.4) is 0 Å². The van der Waals surface area contributed by atoms with Gasteiger partial charge in [-0.05, 0) is 107 Å². The van der Waals surface area contributed by atoms with Crippen molar-refractivity contribution in [2.45, 2.75) is 155 Å². The van der Waals surface area contributed by atoms with E-state index in [-0.39, 0.29) is 152 Å². The van der Waals surface area contributed by atoms with Crippen LogP contribution in [0.25, 0.3) is 33.2 Å². The van der Waals surface area contributed by atoms with Crippen LogP contribution in [0.1, 0.15) is 198 Å². The van der Waals surface area contributed by atoms with Crippen molar-refractivity contribution in [1.82, 2.24) is 72.0 Å². The second-order valence-corrected chi connectivity index (χ2v) is 30.4. The number of aryl methyl sites for hydroxylation is 2. The van der Waals surface area contributed by atoms with Crippen molar-refractivity contribution >= 4 is 132 Å². The van der Waals surface area contributed by atoms with E-state index < -0.39 is 71.2 Å². The molecule has 8 bridgehead atoms. The summed E-state index contributed by atoms with van der Waals surface area (Å²) < 4.78 is 15.9. The number of esters is 1. The van der Waals surface area contributed by atoms with E-state index in [2.05, 4.69) is 81.2 Å². The van der Waals surface area contributed by atoms with Crippen LogP contribution in [0.2, 0.25) is 0 Å². The van der Waals surface area contributed by atoms with Crippen molar-refractivity contribution < 1.29 is 71.4 Å². The molecule has 2 aliphatic heterocycles. The van der Waals surface area contributed by atoms with Gasteiger partial charge in [0, 0.05) is 137 Å². The number of H-pyrrole nitrogens is 3. The molecule has 8 atom stereocenters. The molecule has 6 amide bonds. The number of amides is 6. The Labute approximate surface area is 630 Å². The Kier molecular flexibility index (Phi) is 27.8. The highest BCUT2D eigenvalue weighted by atomic mass is 33.1. The number of nitrogens with one attached hydrogen (secondary N) is 10. The number of ketones is 3. The lowest BCUT2D eigenvalue weighted by atomic mass is 9.84. The largest absolute Gasteiger partial charge is 0.468 e. The quantitative estimate of drug-likeness (QED) is 0.00186. The molecular formula is C74H94N17O15S2+. The summed E-state index contributed by atoms with van der Waals surface area (Å²) >= 11 is 0. The average molecular weight is 1530 g/mol. The number of aromatic nitrogens is 8. The molecule has 1 aromatic carbocycles. The fourth-order valence-corrected chi connectivity index (χ4v) is 15.7. The number of nitrogen functional groups attached to an aromatic ring is 1. The normalized spacial score (nSPS) is 16.7. The smallest absolute Gasteiger partial charge is 0.426 e. The predicted octanol–water partition coefficient (Wildman–Crippen LogP) is 6.81. The van der Waals surface area contributed by atoms with Gasteiger partial charge >= 0.3 is 12.1 Å². The van der Waals surface area contributed by atoms with Crippen molar-refractivity contribution in [3.63, 3.8) is 0 Å². The zero-order valence-electron chi connectivity index (χ0n) is 62.3. The standard InChI is InChI=1S/C74H93N17O15S2/c1-12-47-37(3)49-32-54-59(41(7)93)39(5)51(83-54)30-50-38(4)48(63(84-50)61-62(72(102)104-11)66(97)60-40(6)52(85-64(60)61)31-53(47)82-49)22-23-56(95)77-24-15-17-55(91(8,9)10)70(100)89-90-74(103)105-26-27-107-108-35-58(106-36-92)86-69(99)43(29-57(96)76-13-2)28-46(94)16-14-25-78-68(98)42-18-20-44(21-19-42)79-33-45-34-80-67-65(81-45)71(101)88-73(75)87-67/h18-21,30-32,34,36-38,43,47-48,55,58,62H,12-17,22-29,33,35H2,1-11H3,(H11-,75,76,77,78,79,80,81,82,83,84,85,86,87,88,89,90,93,95,96,97,98,99,100,101,103)/p+1/t37-,38+,43-,47-,48+,55-,58+,62?/m0/s1. The van der Waals surface area contributed by atoms with Crippen molar-refractivity contribution in [3.05, 3.63) is 121 Å². The monoisotopic (exact) mass is 1520 g/mol. The molecule has 9 rings (SSSR count). The molecule has 108 heavy (non-hydrogen) atoms. The molecule has 32 nitrogen and oxygen atoms in total. The number of nitrogens with two attached hydrogens (primary N) is 1. The first-order chi connectivity index (χ1) is 51.5. The lowest BCUT2D eigenvalue weighted by Crippen LogP contribution is -2.57. The summed E-state index contributed by atoms with van der Waals surface area (Å²) in [6, 6.07) is 11.7. The minimum atomic E-state index is -1.31. The molecule has 12 N–H and O–H groups in total. The Balaban J connectivity index is 0.711. The van der Waals surface area contributed by atoms with Crippen LogP contribution in [0.5, 0.6) is 0 Å². The third-order valence-electron chi connectivity index (χ3n) is 19.5. The fourth-order valence-electron chi connectivity index (χ4n) is 13.8. The maximum atomic E-state index is 14.6. The van der Waals surface area contributed by atoms with Crippen LogP contribution in [0.15, 0.2) is 53.5 Å². The molecule has 1 aliphatic carbocycles. The Morgan fingerprint density at radius 3 is 2.18 bits per heavy atom. The molecule has 6 aromatic rings. The van der Waals surface area contributed by atoms with E-state index in [4.69, 9.17) is 29.9 Å². The van der Waals surface area contributed by atoms with E-state index in [0.717, 1.165) is 23.4 Å². The number of methoxy groups -OCH3 is 1. The van der Waals surface area contributed by atoms with Crippen molar-refractivity contribution in [2.75, 3.05) is 77.1 Å². The van der Waals surface area contributed by atoms with Crippen LogP contribution in [0, 0.1) is 19.8 Å². The maximum absolute atomic E-state index is 14.6. The molecule has 0 saturated carbocycles. The zero-order chi connectivity index (χ0) is 78.3. The first-order valence-electron chi connectivity index (χ1n) is 35.8. The molecule has 0 fully saturated rings. The second kappa shape index (κ2) is 36.8. The number of hydrogen-bond donors (Lipinski definition) is 11. The summed E-state index contributed by atoms with van der Waals surface area (Å²) in [7, 11) is 9.09. The number of quaternary nitrogens is 1. The molecule has 1 unspecified atom stereocenters. The van der Waals surface area contributed by atoms with Crippen LogP contribution in [0.4, 0.5) is 16.4 Å². The number of carbonyl (C=O) groups excluding carboxylic acids is 11. The highest BCUT2D eigenvalue weighted by molar-refractivity contribution is 8.76. The number of hydrazine groups is 1. The number of likely N-dealkylation sites (N-methyl/N-ethyl adjacent to an activating group) is 1. The van der Waals surface area contributed by atoms with Gasteiger partial charge in [-0.25, -0.2) is 20.2 Å². The fraction of sp³-hybridized carbons (Fsp3) is 0.473. The van der Waals surface area contributed by atoms with Gasteiger partial charge in [-0.15, -0.1) is 0 Å². The van der Waals surface area contributed by atoms with Crippen LogP contribution in [-0.2, 0) is 54.3 Å². The molecule has 0 saturated heterocycles. The first kappa shape index (κ1) is 81.5. The average Bonchev–Trinajstić information content (AvgIpc) is 1.56. The van der Waals surface area contributed by atoms with Gasteiger partial charge in [0.05, 0.1) is 75.1 Å². The summed E-state index contributed by atoms with van der Waals surface area (Å²) in [4.78, 5) is 190. The van der Waals surface area contributed by atoms with Crippen LogP contribution >= 0.6 is 21.6 Å². The molecule has 576 valence electrons. The Morgan fingerprint density at radius 1 is 0.769 bits per heavy atom. The number of benzene rings is 1. The summed E-state index contributed by atoms with van der Waals surface area (Å²) in [5, 5.41) is 14.1. The van der Waals surface area contributed by atoms with E-state index in [9.17, 15) is 57.5 Å². The molecule has 0 spiro atoms. The number of carbonyl (C=O) groups is 11. The van der Waals surface area contributed by atoms with E-state index in [1.807, 2.05) is 60.1 Å². The van der Waals surface area contributed by atoms with Gasteiger partial charge in [0.2, 0.25) is 23.7 Å². The van der Waals surface area contributed by atoms with Gasteiger partial charge in [-0.3, -0.25) is 73.1 Å². The summed E-state index contributed by atoms with van der Waals surface area (Å²) in [5.74, 6) is -6.92. The van der Waals surface area contributed by atoms with E-state index >= 15 is 0 Å². The predicted molar refractivity (Wildman–Crippen MR) is 406 cm³/mol. The van der Waals surface area contributed by atoms with Crippen LogP contribution < -0.4 is 48.7 Å². The highest BCUT2D eigenvalue weighted by Crippen LogP contribution is 2.48. The Bertz CT molecular complexity index is 4670. The zero-order valence-corrected chi connectivity index (χ0v) is 64.0. The minimum Gasteiger partial charge on any atom is -0.468 e. The highest BCUT2D eigenvalue weighted by Gasteiger charge is 2.46. The number of hydrogen-bond acceptors (Lipinski definition) is 24. The summed E-state index contributed by atoms with van der Waals surface area (Å²) in [6.07, 6.45) is 0.738. The summed E-state index contributed by atoms with van der Waals surface area (Å²) in [6.45, 7) is 14.0. The van der Waals surface area contributed by atoms with Gasteiger partial charge in [0.1, 0.15) is 18.3 Å². The number of fused-ring (bicyclic) bond motifs is 9. The number of rotatable bonds is 35. The molecule has 3 aliphatic rings. The second-order valence-electron chi connectivity index (χ2n) is 27.8. The van der Waals surface area contributed by atoms with E-state index in [1.165, 1.54) is 41.8 Å². The topological polar surface area (TPSA) is 455 Å². The molecule has 5 aromatic heterocycles. The number of aromatic amines is 3. The van der Waals surface area contributed by atoms with Gasteiger partial charge in [0.15, 0.2) is 35.0 Å². The molecular weight excluding hydrogens is 1430 g/mol. The van der Waals surface area contributed by atoms with Crippen LogP contribution in [-0.4, -0.2) is 188 Å². The molecule has 7 heterocycles. The van der Waals surface area contributed by atoms with E-state index in [0.29, 0.717) is 85.5 Å². The number of Topliss-reactive ketones (excluding diaryl/α,β-unsaturated/α-hetero) is 3. The first-order valence-corrected chi connectivity index (χ1v) is 38.3. The maximum Gasteiger partial charge on any atom is 0.426 e. The molecule has 34 heteroatoms. The van der Waals surface area contributed by atoms with Gasteiger partial charge < -0.3 is 61.0 Å². The Hall–Kier alpha value is -10.6. The van der Waals surface area contributed by atoms with Crippen molar-refractivity contribution in [1.29, 1.82) is 0 Å². The minimum absolute atomic E-state index is 0.0153. The number of anilines is 2. The van der Waals surface area contributed by atoms with Gasteiger partial charge in [-0.1, -0.05) is 42.4 Å². The third kappa shape index (κ3) is 20.0. The Morgan fingerprint density at radius 2 is 1.47 bits per heavy atom. The van der Waals surface area contributed by atoms with E-state index in [1.54, 1.807) is 31.2 Å². The lowest BCUT2D eigenvalue weighted by molar-refractivity contribution is -0.886. The summed E-state index contributed by atoms with van der Waals surface area (Å²) in [5.41, 5.74) is 19.3. The number of nitrogens with zero attached hydrogens (tertiary/aromatic N) is 6. The lowest BCUT2D eigenvalue weighted by Gasteiger charge is -2.33. The van der Waals surface area contributed by atoms with Gasteiger partial charge in [-0.2, -0.15) is 4.98 Å². The third-order valence-corrected chi connectivity index (χ3v) is 21.9.